The number of benzene rings is 1. The molecule has 104 valence electrons. The summed E-state index contributed by atoms with van der Waals surface area (Å²) < 4.78 is 2.41. The first-order valence-corrected chi connectivity index (χ1v) is 6.65. The maximum atomic E-state index is 11.9. The number of amides is 1. The standard InChI is InChI=1S/C14H16N4OS/c1-14(2,12(19)16-3)8-18-11-6-9(7-15)4-5-10(11)17-13(18)20/h4-6H,8H2,1-3H3,(H,16,19)(H,17,20). The SMILES string of the molecule is CNC(=O)C(C)(C)Cn1c(=S)[nH]c2ccc(C#N)cc21. The minimum atomic E-state index is -0.593. The number of hydrogen-bond donors (Lipinski definition) is 2. The molecule has 1 aromatic carbocycles. The van der Waals surface area contributed by atoms with Crippen molar-refractivity contribution >= 4 is 29.2 Å². The quantitative estimate of drug-likeness (QED) is 0.851. The molecule has 0 radical (unpaired) electrons. The van der Waals surface area contributed by atoms with Crippen molar-refractivity contribution in [3.63, 3.8) is 0 Å². The zero-order valence-corrected chi connectivity index (χ0v) is 12.5. The van der Waals surface area contributed by atoms with Gasteiger partial charge in [-0.2, -0.15) is 5.26 Å². The number of nitriles is 1. The van der Waals surface area contributed by atoms with Gasteiger partial charge in [-0.15, -0.1) is 0 Å². The molecule has 0 fully saturated rings. The zero-order chi connectivity index (χ0) is 14.9. The molecule has 0 spiro atoms. The molecule has 2 rings (SSSR count). The third-order valence-corrected chi connectivity index (χ3v) is 3.62. The molecule has 0 aliphatic carbocycles. The van der Waals surface area contributed by atoms with Crippen LogP contribution in [0.1, 0.15) is 19.4 Å². The number of fused-ring (bicyclic) bond motifs is 1. The Labute approximate surface area is 122 Å². The molecule has 0 aliphatic rings. The van der Waals surface area contributed by atoms with E-state index in [-0.39, 0.29) is 5.91 Å². The molecule has 1 amide bonds. The van der Waals surface area contributed by atoms with Crippen molar-refractivity contribution in [1.29, 1.82) is 5.26 Å². The average molecular weight is 288 g/mol. The number of carbonyl (C=O) groups excluding carboxylic acids is 1. The molecule has 2 aromatic rings. The number of aromatic nitrogens is 2. The summed E-state index contributed by atoms with van der Waals surface area (Å²) in [6.07, 6.45) is 0. The number of H-pyrrole nitrogens is 1. The van der Waals surface area contributed by atoms with Crippen molar-refractivity contribution in [3.05, 3.63) is 28.5 Å². The van der Waals surface area contributed by atoms with E-state index >= 15 is 0 Å². The third kappa shape index (κ3) is 2.45. The molecular weight excluding hydrogens is 272 g/mol. The highest BCUT2D eigenvalue weighted by atomic mass is 32.1. The maximum absolute atomic E-state index is 11.9. The monoisotopic (exact) mass is 288 g/mol. The number of aromatic amines is 1. The Hall–Kier alpha value is -2.13. The summed E-state index contributed by atoms with van der Waals surface area (Å²) in [5.74, 6) is -0.0508. The van der Waals surface area contributed by atoms with Crippen molar-refractivity contribution in [2.75, 3.05) is 7.05 Å². The second kappa shape index (κ2) is 5.10. The summed E-state index contributed by atoms with van der Waals surface area (Å²) in [6.45, 7) is 4.17. The van der Waals surface area contributed by atoms with Crippen molar-refractivity contribution in [3.8, 4) is 6.07 Å². The van der Waals surface area contributed by atoms with Crippen LogP contribution in [-0.2, 0) is 11.3 Å². The highest BCUT2D eigenvalue weighted by Crippen LogP contribution is 2.23. The van der Waals surface area contributed by atoms with Crippen LogP contribution < -0.4 is 5.32 Å². The predicted octanol–water partition coefficient (Wildman–Crippen LogP) is 2.34. The summed E-state index contributed by atoms with van der Waals surface area (Å²) in [7, 11) is 1.62. The average Bonchev–Trinajstić information content (AvgIpc) is 2.73. The molecule has 1 heterocycles. The molecule has 0 bridgehead atoms. The van der Waals surface area contributed by atoms with Gasteiger partial charge < -0.3 is 14.9 Å². The lowest BCUT2D eigenvalue weighted by atomic mass is 9.92. The van der Waals surface area contributed by atoms with Crippen molar-refractivity contribution < 1.29 is 4.79 Å². The van der Waals surface area contributed by atoms with Crippen LogP contribution in [0.4, 0.5) is 0 Å². The largest absolute Gasteiger partial charge is 0.359 e. The lowest BCUT2D eigenvalue weighted by molar-refractivity contribution is -0.129. The maximum Gasteiger partial charge on any atom is 0.227 e. The fourth-order valence-electron chi connectivity index (χ4n) is 2.18. The van der Waals surface area contributed by atoms with Gasteiger partial charge in [0, 0.05) is 13.6 Å². The number of rotatable bonds is 3. The lowest BCUT2D eigenvalue weighted by Crippen LogP contribution is -2.37. The van der Waals surface area contributed by atoms with E-state index in [1.165, 1.54) is 0 Å². The summed E-state index contributed by atoms with van der Waals surface area (Å²) >= 11 is 5.32. The number of nitrogens with zero attached hydrogens (tertiary/aromatic N) is 2. The summed E-state index contributed by atoms with van der Waals surface area (Å²) in [5.41, 5.74) is 1.68. The first-order chi connectivity index (χ1) is 9.39. The molecule has 0 atom stereocenters. The Bertz CT molecular complexity index is 764. The number of nitrogens with one attached hydrogen (secondary N) is 2. The van der Waals surface area contributed by atoms with Crippen LogP contribution in [0.25, 0.3) is 11.0 Å². The second-order valence-corrected chi connectivity index (χ2v) is 5.71. The van der Waals surface area contributed by atoms with E-state index in [2.05, 4.69) is 16.4 Å². The van der Waals surface area contributed by atoms with Crippen LogP contribution in [0.2, 0.25) is 0 Å². The van der Waals surface area contributed by atoms with Crippen LogP contribution >= 0.6 is 12.2 Å². The first-order valence-electron chi connectivity index (χ1n) is 6.24. The topological polar surface area (TPSA) is 73.6 Å². The van der Waals surface area contributed by atoms with Gasteiger partial charge >= 0.3 is 0 Å². The van der Waals surface area contributed by atoms with Gasteiger partial charge in [0.05, 0.1) is 28.1 Å². The Morgan fingerprint density at radius 1 is 1.55 bits per heavy atom. The van der Waals surface area contributed by atoms with Crippen LogP contribution in [0.15, 0.2) is 18.2 Å². The van der Waals surface area contributed by atoms with E-state index in [0.717, 1.165) is 11.0 Å². The van der Waals surface area contributed by atoms with Gasteiger partial charge in [0.1, 0.15) is 0 Å². The van der Waals surface area contributed by atoms with Crippen LogP contribution in [0.5, 0.6) is 0 Å². The Morgan fingerprint density at radius 3 is 2.85 bits per heavy atom. The molecule has 0 saturated carbocycles. The molecule has 5 nitrogen and oxygen atoms in total. The fourth-order valence-corrected chi connectivity index (χ4v) is 2.46. The molecule has 20 heavy (non-hydrogen) atoms. The predicted molar refractivity (Wildman–Crippen MR) is 79.7 cm³/mol. The highest BCUT2D eigenvalue weighted by molar-refractivity contribution is 7.71. The minimum absolute atomic E-state index is 0.0508. The van der Waals surface area contributed by atoms with Crippen molar-refractivity contribution in [2.45, 2.75) is 20.4 Å². The van der Waals surface area contributed by atoms with Crippen molar-refractivity contribution in [1.82, 2.24) is 14.9 Å². The van der Waals surface area contributed by atoms with Gasteiger partial charge in [0.25, 0.3) is 0 Å². The van der Waals surface area contributed by atoms with E-state index in [0.29, 0.717) is 16.9 Å². The Kier molecular flexibility index (Phi) is 3.64. The van der Waals surface area contributed by atoms with Gasteiger partial charge in [-0.3, -0.25) is 4.79 Å². The first kappa shape index (κ1) is 14.3. The normalized spacial score (nSPS) is 11.3. The van der Waals surface area contributed by atoms with Crippen molar-refractivity contribution in [2.24, 2.45) is 5.41 Å². The van der Waals surface area contributed by atoms with Gasteiger partial charge in [0.15, 0.2) is 4.77 Å². The third-order valence-electron chi connectivity index (χ3n) is 3.30. The van der Waals surface area contributed by atoms with E-state index in [9.17, 15) is 4.79 Å². The minimum Gasteiger partial charge on any atom is -0.359 e. The van der Waals surface area contributed by atoms with E-state index < -0.39 is 5.41 Å². The van der Waals surface area contributed by atoms with Gasteiger partial charge in [-0.25, -0.2) is 0 Å². The zero-order valence-electron chi connectivity index (χ0n) is 11.7. The summed E-state index contributed by atoms with van der Waals surface area (Å²) in [5, 5.41) is 11.7. The number of carbonyl (C=O) groups is 1. The van der Waals surface area contributed by atoms with Crippen LogP contribution in [0, 0.1) is 21.5 Å². The second-order valence-electron chi connectivity index (χ2n) is 5.32. The van der Waals surface area contributed by atoms with Crippen LogP contribution in [-0.4, -0.2) is 22.5 Å². The highest BCUT2D eigenvalue weighted by Gasteiger charge is 2.28. The molecule has 0 unspecified atom stereocenters. The van der Waals surface area contributed by atoms with Gasteiger partial charge in [-0.05, 0) is 44.3 Å². The Morgan fingerprint density at radius 2 is 2.25 bits per heavy atom. The van der Waals surface area contributed by atoms with Gasteiger partial charge in [-0.1, -0.05) is 0 Å². The van der Waals surface area contributed by atoms with Crippen LogP contribution in [0.3, 0.4) is 0 Å². The molecule has 0 saturated heterocycles. The molecule has 2 N–H and O–H groups in total. The lowest BCUT2D eigenvalue weighted by Gasteiger charge is -2.23. The summed E-state index contributed by atoms with van der Waals surface area (Å²) in [6, 6.07) is 7.46. The molecule has 6 heteroatoms. The van der Waals surface area contributed by atoms with E-state index in [1.54, 1.807) is 19.2 Å². The van der Waals surface area contributed by atoms with E-state index in [4.69, 9.17) is 17.5 Å². The summed E-state index contributed by atoms with van der Waals surface area (Å²) in [4.78, 5) is 15.0. The Balaban J connectivity index is 2.54. The smallest absolute Gasteiger partial charge is 0.227 e. The number of hydrogen-bond acceptors (Lipinski definition) is 3. The van der Waals surface area contributed by atoms with Gasteiger partial charge in [0.2, 0.25) is 5.91 Å². The molecule has 0 aliphatic heterocycles. The number of imidazole rings is 1. The fraction of sp³-hybridized carbons (Fsp3) is 0.357. The molecular formula is C14H16N4OS. The van der Waals surface area contributed by atoms with E-state index in [1.807, 2.05) is 24.5 Å². The molecule has 1 aromatic heterocycles.